The highest BCUT2D eigenvalue weighted by Gasteiger charge is 2.26. The summed E-state index contributed by atoms with van der Waals surface area (Å²) in [5.41, 5.74) is 0.334. The summed E-state index contributed by atoms with van der Waals surface area (Å²) in [7, 11) is -0.991. The first-order chi connectivity index (χ1) is 11.6. The number of hydrogen-bond donors (Lipinski definition) is 0. The summed E-state index contributed by atoms with van der Waals surface area (Å²) in [6, 6.07) is 7.32. The molecule has 0 spiro atoms. The van der Waals surface area contributed by atoms with Crippen LogP contribution < -0.4 is 0 Å². The lowest BCUT2D eigenvalue weighted by Crippen LogP contribution is -2.39. The number of hydrogen-bond acceptors (Lipinski definition) is 4. The third kappa shape index (κ3) is 5.01. The predicted molar refractivity (Wildman–Crippen MR) is 99.7 cm³/mol. The van der Waals surface area contributed by atoms with E-state index >= 15 is 0 Å². The average molecular weight is 470 g/mol. The topological polar surface area (TPSA) is 57.7 Å². The highest BCUT2D eigenvalue weighted by Crippen LogP contribution is 2.27. The molecule has 1 aromatic carbocycles. The van der Waals surface area contributed by atoms with Crippen molar-refractivity contribution in [1.82, 2.24) is 9.21 Å². The van der Waals surface area contributed by atoms with Gasteiger partial charge in [0.05, 0.1) is 10.9 Å². The molecule has 0 unspecified atom stereocenters. The van der Waals surface area contributed by atoms with E-state index in [-0.39, 0.29) is 17.3 Å². The van der Waals surface area contributed by atoms with Crippen molar-refractivity contribution < 1.29 is 17.6 Å². The maximum Gasteiger partial charge on any atom is 0.252 e. The molecule has 1 aromatic heterocycles. The summed E-state index contributed by atoms with van der Waals surface area (Å²) >= 11 is 9.94. The van der Waals surface area contributed by atoms with E-state index in [1.165, 1.54) is 37.2 Å². The molecule has 0 fully saturated rings. The Balaban J connectivity index is 2.06. The molecule has 25 heavy (non-hydrogen) atoms. The average Bonchev–Trinajstić information content (AvgIpc) is 2.98. The number of nitrogens with zero attached hydrogens (tertiary/aromatic N) is 2. The van der Waals surface area contributed by atoms with Crippen LogP contribution in [0.2, 0.25) is 4.34 Å². The zero-order valence-electron chi connectivity index (χ0n) is 13.4. The number of thiophene rings is 1. The van der Waals surface area contributed by atoms with E-state index in [2.05, 4.69) is 15.9 Å². The number of carbonyl (C=O) groups excluding carboxylic acids is 1. The third-order valence-corrected chi connectivity index (χ3v) is 7.41. The Morgan fingerprint density at radius 1 is 1.28 bits per heavy atom. The maximum atomic E-state index is 13.8. The molecule has 0 bridgehead atoms. The minimum Gasteiger partial charge on any atom is -0.340 e. The number of amides is 1. The van der Waals surface area contributed by atoms with Crippen molar-refractivity contribution in [3.05, 3.63) is 50.5 Å². The van der Waals surface area contributed by atoms with Crippen molar-refractivity contribution in [2.24, 2.45) is 0 Å². The normalized spacial score (nSPS) is 11.8. The van der Waals surface area contributed by atoms with Gasteiger partial charge in [-0.15, -0.1) is 11.3 Å². The van der Waals surface area contributed by atoms with E-state index in [0.717, 1.165) is 15.6 Å². The second-order valence-corrected chi connectivity index (χ2v) is 10.2. The van der Waals surface area contributed by atoms with Crippen molar-refractivity contribution in [2.45, 2.75) is 10.8 Å². The van der Waals surface area contributed by atoms with Gasteiger partial charge in [0.25, 0.3) is 10.0 Å². The van der Waals surface area contributed by atoms with E-state index in [1.807, 2.05) is 0 Å². The van der Waals surface area contributed by atoms with Crippen LogP contribution in [-0.4, -0.2) is 44.2 Å². The van der Waals surface area contributed by atoms with Gasteiger partial charge in [0, 0.05) is 30.7 Å². The second-order valence-electron chi connectivity index (χ2n) is 5.31. The van der Waals surface area contributed by atoms with Gasteiger partial charge in [0.2, 0.25) is 5.91 Å². The molecule has 0 atom stereocenters. The van der Waals surface area contributed by atoms with Crippen LogP contribution in [0.3, 0.4) is 0 Å². The van der Waals surface area contributed by atoms with Gasteiger partial charge < -0.3 is 4.90 Å². The lowest BCUT2D eigenvalue weighted by molar-refractivity contribution is -0.130. The SMILES string of the molecule is CN(Cc1cc(Br)ccc1F)C(=O)CN(C)S(=O)(=O)c1ccc(Cl)s1. The Kier molecular flexibility index (Phi) is 6.61. The molecule has 0 aliphatic rings. The van der Waals surface area contributed by atoms with Crippen LogP contribution in [0, 0.1) is 5.82 Å². The molecular weight excluding hydrogens is 455 g/mol. The minimum absolute atomic E-state index is 0.0306. The zero-order valence-corrected chi connectivity index (χ0v) is 17.3. The number of sulfonamides is 1. The van der Waals surface area contributed by atoms with E-state index in [4.69, 9.17) is 11.6 Å². The molecule has 0 N–H and O–H groups in total. The fourth-order valence-corrected chi connectivity index (χ4v) is 5.22. The Morgan fingerprint density at radius 2 is 1.96 bits per heavy atom. The van der Waals surface area contributed by atoms with Gasteiger partial charge in [-0.05, 0) is 30.3 Å². The lowest BCUT2D eigenvalue weighted by Gasteiger charge is -2.21. The van der Waals surface area contributed by atoms with Crippen LogP contribution in [0.15, 0.2) is 39.0 Å². The van der Waals surface area contributed by atoms with E-state index in [9.17, 15) is 17.6 Å². The van der Waals surface area contributed by atoms with E-state index < -0.39 is 21.7 Å². The quantitative estimate of drug-likeness (QED) is 0.650. The Labute approximate surface area is 163 Å². The smallest absolute Gasteiger partial charge is 0.252 e. The van der Waals surface area contributed by atoms with Crippen molar-refractivity contribution in [2.75, 3.05) is 20.6 Å². The predicted octanol–water partition coefficient (Wildman–Crippen LogP) is 3.58. The molecule has 0 aliphatic heterocycles. The summed E-state index contributed by atoms with van der Waals surface area (Å²) in [6.07, 6.45) is 0. The number of rotatable bonds is 6. The first-order valence-electron chi connectivity index (χ1n) is 7.01. The summed E-state index contributed by atoms with van der Waals surface area (Å²) in [5, 5.41) is 0. The van der Waals surface area contributed by atoms with Gasteiger partial charge in [-0.3, -0.25) is 4.79 Å². The van der Waals surface area contributed by atoms with Crippen molar-refractivity contribution in [1.29, 1.82) is 0 Å². The maximum absolute atomic E-state index is 13.8. The van der Waals surface area contributed by atoms with E-state index in [0.29, 0.717) is 14.4 Å². The van der Waals surface area contributed by atoms with Crippen LogP contribution in [0.25, 0.3) is 0 Å². The molecular formula is C15H15BrClFN2O3S2. The Bertz CT molecular complexity index is 889. The van der Waals surface area contributed by atoms with Gasteiger partial charge in [-0.2, -0.15) is 4.31 Å². The molecule has 0 aliphatic carbocycles. The van der Waals surface area contributed by atoms with Crippen LogP contribution >= 0.6 is 38.9 Å². The number of carbonyl (C=O) groups is 1. The molecule has 0 saturated heterocycles. The molecule has 1 heterocycles. The van der Waals surface area contributed by atoms with Gasteiger partial charge in [0.15, 0.2) is 0 Å². The minimum atomic E-state index is -3.80. The van der Waals surface area contributed by atoms with Gasteiger partial charge in [-0.1, -0.05) is 27.5 Å². The molecule has 0 radical (unpaired) electrons. The lowest BCUT2D eigenvalue weighted by atomic mass is 10.2. The first kappa shape index (κ1) is 20.3. The first-order valence-corrected chi connectivity index (χ1v) is 10.4. The molecule has 2 aromatic rings. The highest BCUT2D eigenvalue weighted by atomic mass is 79.9. The molecule has 2 rings (SSSR count). The summed E-state index contributed by atoms with van der Waals surface area (Å²) in [5.74, 6) is -0.884. The highest BCUT2D eigenvalue weighted by molar-refractivity contribution is 9.10. The summed E-state index contributed by atoms with van der Waals surface area (Å²) in [6.45, 7) is -0.327. The van der Waals surface area contributed by atoms with Gasteiger partial charge >= 0.3 is 0 Å². The van der Waals surface area contributed by atoms with Crippen LogP contribution in [0.5, 0.6) is 0 Å². The monoisotopic (exact) mass is 468 g/mol. The van der Waals surface area contributed by atoms with Crippen LogP contribution in [0.1, 0.15) is 5.56 Å². The van der Waals surface area contributed by atoms with Crippen LogP contribution in [0.4, 0.5) is 4.39 Å². The fraction of sp³-hybridized carbons (Fsp3) is 0.267. The molecule has 0 saturated carbocycles. The number of likely N-dealkylation sites (N-methyl/N-ethyl adjacent to an activating group) is 2. The summed E-state index contributed by atoms with van der Waals surface area (Å²) < 4.78 is 40.6. The fourth-order valence-electron chi connectivity index (χ4n) is 1.99. The zero-order chi connectivity index (χ0) is 18.8. The van der Waals surface area contributed by atoms with Crippen molar-refractivity contribution >= 4 is 54.8 Å². The van der Waals surface area contributed by atoms with Gasteiger partial charge in [-0.25, -0.2) is 12.8 Å². The molecule has 10 heteroatoms. The largest absolute Gasteiger partial charge is 0.340 e. The molecule has 1 amide bonds. The number of benzene rings is 1. The summed E-state index contributed by atoms with van der Waals surface area (Å²) in [4.78, 5) is 13.6. The number of halogens is 3. The standard InChI is InChI=1S/C15H15BrClFN2O3S2/c1-19(8-10-7-11(16)3-4-12(10)18)14(21)9-20(2)25(22,23)15-6-5-13(17)24-15/h3-7H,8-9H2,1-2H3. The second kappa shape index (κ2) is 8.13. The van der Waals surface area contributed by atoms with Crippen LogP contribution in [-0.2, 0) is 21.4 Å². The third-order valence-electron chi connectivity index (χ3n) is 3.41. The molecule has 5 nitrogen and oxygen atoms in total. The van der Waals surface area contributed by atoms with Crippen molar-refractivity contribution in [3.63, 3.8) is 0 Å². The Hall–Kier alpha value is -1.000. The van der Waals surface area contributed by atoms with Gasteiger partial charge in [0.1, 0.15) is 10.0 Å². The van der Waals surface area contributed by atoms with E-state index in [1.54, 1.807) is 12.1 Å². The molecule has 136 valence electrons. The Morgan fingerprint density at radius 3 is 2.56 bits per heavy atom. The van der Waals surface area contributed by atoms with Crippen molar-refractivity contribution in [3.8, 4) is 0 Å².